The van der Waals surface area contributed by atoms with Crippen LogP contribution in [0, 0.1) is 13.8 Å². The maximum absolute atomic E-state index is 13.1. The predicted molar refractivity (Wildman–Crippen MR) is 111 cm³/mol. The second-order valence-electron chi connectivity index (χ2n) is 7.43. The van der Waals surface area contributed by atoms with Gasteiger partial charge < -0.3 is 19.3 Å². The molecule has 0 saturated heterocycles. The van der Waals surface area contributed by atoms with E-state index in [-0.39, 0.29) is 5.91 Å². The van der Waals surface area contributed by atoms with E-state index in [9.17, 15) is 4.79 Å². The van der Waals surface area contributed by atoms with Crippen molar-refractivity contribution in [2.45, 2.75) is 32.1 Å². The molecule has 150 valence electrons. The van der Waals surface area contributed by atoms with Crippen LogP contribution >= 0.6 is 0 Å². The lowest BCUT2D eigenvalue weighted by Gasteiger charge is -2.15. The van der Waals surface area contributed by atoms with Gasteiger partial charge in [-0.05, 0) is 62.1 Å². The van der Waals surface area contributed by atoms with Gasteiger partial charge in [0.1, 0.15) is 0 Å². The van der Waals surface area contributed by atoms with Gasteiger partial charge in [-0.25, -0.2) is 0 Å². The third-order valence-corrected chi connectivity index (χ3v) is 5.71. The fraction of sp³-hybridized carbons (Fsp3) is 0.304. The molecule has 1 N–H and O–H groups in total. The molecule has 1 aromatic heterocycles. The summed E-state index contributed by atoms with van der Waals surface area (Å²) in [5, 5.41) is 7.30. The molecule has 0 spiro atoms. The van der Waals surface area contributed by atoms with Crippen molar-refractivity contribution in [1.29, 1.82) is 0 Å². The molecule has 0 bridgehead atoms. The van der Waals surface area contributed by atoms with Gasteiger partial charge in [-0.2, -0.15) is 0 Å². The van der Waals surface area contributed by atoms with Crippen LogP contribution in [-0.2, 0) is 10.2 Å². The van der Waals surface area contributed by atoms with Crippen LogP contribution in [0.4, 0.5) is 5.69 Å². The Labute approximate surface area is 169 Å². The first-order chi connectivity index (χ1) is 14.0. The molecule has 4 rings (SSSR count). The first-order valence-corrected chi connectivity index (χ1v) is 9.56. The van der Waals surface area contributed by atoms with Crippen molar-refractivity contribution in [2.24, 2.45) is 0 Å². The number of hydrogen-bond donors (Lipinski definition) is 1. The zero-order valence-corrected chi connectivity index (χ0v) is 17.0. The Hall–Kier alpha value is -3.28. The predicted octanol–water partition coefficient (Wildman–Crippen LogP) is 4.65. The van der Waals surface area contributed by atoms with E-state index in [1.54, 1.807) is 14.2 Å². The third kappa shape index (κ3) is 3.35. The second kappa shape index (κ2) is 7.28. The molecule has 1 aliphatic rings. The van der Waals surface area contributed by atoms with E-state index < -0.39 is 5.41 Å². The number of benzene rings is 2. The van der Waals surface area contributed by atoms with Gasteiger partial charge in [-0.1, -0.05) is 17.3 Å². The van der Waals surface area contributed by atoms with E-state index in [0.717, 1.165) is 35.2 Å². The van der Waals surface area contributed by atoms with Crippen LogP contribution in [0.25, 0.3) is 11.3 Å². The number of aromatic nitrogens is 1. The first kappa shape index (κ1) is 19.1. The summed E-state index contributed by atoms with van der Waals surface area (Å²) in [6.07, 6.45) is 1.50. The lowest BCUT2D eigenvalue weighted by atomic mass is 9.99. The van der Waals surface area contributed by atoms with Gasteiger partial charge in [-0.15, -0.1) is 0 Å². The van der Waals surface area contributed by atoms with Crippen molar-refractivity contribution in [1.82, 2.24) is 5.16 Å². The molecule has 3 aromatic rings. The number of carbonyl (C=O) groups is 1. The molecular formula is C23H24N2O4. The van der Waals surface area contributed by atoms with Crippen molar-refractivity contribution >= 4 is 11.6 Å². The molecule has 0 unspecified atom stereocenters. The van der Waals surface area contributed by atoms with E-state index in [4.69, 9.17) is 14.0 Å². The molecule has 0 atom stereocenters. The molecule has 1 amide bonds. The minimum absolute atomic E-state index is 0.0432. The average molecular weight is 392 g/mol. The van der Waals surface area contributed by atoms with Gasteiger partial charge >= 0.3 is 0 Å². The summed E-state index contributed by atoms with van der Waals surface area (Å²) in [6.45, 7) is 4.04. The molecule has 0 aliphatic heterocycles. The molecule has 29 heavy (non-hydrogen) atoms. The molecule has 6 nitrogen and oxygen atoms in total. The van der Waals surface area contributed by atoms with Gasteiger partial charge in [0.05, 0.1) is 25.3 Å². The molecule has 0 radical (unpaired) electrons. The highest BCUT2D eigenvalue weighted by Crippen LogP contribution is 2.49. The summed E-state index contributed by atoms with van der Waals surface area (Å²) in [7, 11) is 3.18. The van der Waals surface area contributed by atoms with E-state index in [1.807, 2.05) is 56.3 Å². The minimum atomic E-state index is -0.630. The number of nitrogens with zero attached hydrogens (tertiary/aromatic N) is 1. The molecule has 6 heteroatoms. The number of ether oxygens (including phenoxy) is 2. The zero-order chi connectivity index (χ0) is 20.6. The minimum Gasteiger partial charge on any atom is -0.493 e. The van der Waals surface area contributed by atoms with E-state index in [1.165, 1.54) is 0 Å². The summed E-state index contributed by atoms with van der Waals surface area (Å²) in [5.41, 5.74) is 3.89. The van der Waals surface area contributed by atoms with Gasteiger partial charge in [0.2, 0.25) is 5.91 Å². The quantitative estimate of drug-likeness (QED) is 0.661. The molecule has 1 heterocycles. The number of anilines is 1. The summed E-state index contributed by atoms with van der Waals surface area (Å²) in [6, 6.07) is 13.3. The number of methoxy groups -OCH3 is 2. The number of amides is 1. The fourth-order valence-electron chi connectivity index (χ4n) is 3.48. The van der Waals surface area contributed by atoms with E-state index >= 15 is 0 Å². The Kier molecular flexibility index (Phi) is 4.78. The lowest BCUT2D eigenvalue weighted by Crippen LogP contribution is -2.28. The van der Waals surface area contributed by atoms with Crippen LogP contribution in [0.15, 0.2) is 47.0 Å². The number of aryl methyl sites for hydroxylation is 1. The van der Waals surface area contributed by atoms with Crippen molar-refractivity contribution in [3.63, 3.8) is 0 Å². The topological polar surface area (TPSA) is 73.6 Å². The maximum atomic E-state index is 13.1. The number of nitrogens with one attached hydrogen (secondary N) is 1. The van der Waals surface area contributed by atoms with Crippen molar-refractivity contribution < 1.29 is 18.8 Å². The van der Waals surface area contributed by atoms with E-state index in [2.05, 4.69) is 10.5 Å². The van der Waals surface area contributed by atoms with Crippen LogP contribution in [0.2, 0.25) is 0 Å². The average Bonchev–Trinajstić information content (AvgIpc) is 3.40. The monoisotopic (exact) mass is 392 g/mol. The second-order valence-corrected chi connectivity index (χ2v) is 7.43. The van der Waals surface area contributed by atoms with E-state index in [0.29, 0.717) is 23.0 Å². The van der Waals surface area contributed by atoms with Crippen LogP contribution in [-0.4, -0.2) is 25.3 Å². The van der Waals surface area contributed by atoms with Crippen molar-refractivity contribution in [2.75, 3.05) is 19.5 Å². The zero-order valence-electron chi connectivity index (χ0n) is 17.0. The Morgan fingerprint density at radius 1 is 1.07 bits per heavy atom. The van der Waals surface area contributed by atoms with Crippen LogP contribution < -0.4 is 14.8 Å². The Morgan fingerprint density at radius 3 is 2.52 bits per heavy atom. The van der Waals surface area contributed by atoms with Gasteiger partial charge in [-0.3, -0.25) is 4.79 Å². The smallest absolute Gasteiger partial charge is 0.236 e. The van der Waals surface area contributed by atoms with Crippen molar-refractivity contribution in [3.8, 4) is 22.8 Å². The number of rotatable bonds is 6. The standard InChI is InChI=1S/C23H24N2O4/c1-14-6-5-7-17(15(14)2)24-22(26)23(10-11-23)21-13-19(29-25-21)16-8-9-18(27-3)20(12-16)28-4/h5-9,12-13H,10-11H2,1-4H3,(H,24,26). The lowest BCUT2D eigenvalue weighted by molar-refractivity contribution is -0.118. The number of hydrogen-bond acceptors (Lipinski definition) is 5. The molecular weight excluding hydrogens is 368 g/mol. The largest absolute Gasteiger partial charge is 0.493 e. The molecule has 1 saturated carbocycles. The van der Waals surface area contributed by atoms with Gasteiger partial charge in [0.15, 0.2) is 17.3 Å². The first-order valence-electron chi connectivity index (χ1n) is 9.56. The molecule has 1 fully saturated rings. The Morgan fingerprint density at radius 2 is 1.83 bits per heavy atom. The van der Waals surface area contributed by atoms with Gasteiger partial charge in [0, 0.05) is 17.3 Å². The Balaban J connectivity index is 1.59. The molecule has 2 aromatic carbocycles. The highest BCUT2D eigenvalue weighted by molar-refractivity contribution is 6.01. The highest BCUT2D eigenvalue weighted by atomic mass is 16.5. The number of carbonyl (C=O) groups excluding carboxylic acids is 1. The summed E-state index contributed by atoms with van der Waals surface area (Å²) >= 11 is 0. The summed E-state index contributed by atoms with van der Waals surface area (Å²) in [4.78, 5) is 13.1. The fourth-order valence-corrected chi connectivity index (χ4v) is 3.48. The van der Waals surface area contributed by atoms with Crippen LogP contribution in [0.5, 0.6) is 11.5 Å². The Bertz CT molecular complexity index is 1070. The SMILES string of the molecule is COc1ccc(-c2cc(C3(C(=O)Nc4cccc(C)c4C)CC3)no2)cc1OC. The van der Waals surface area contributed by atoms with Gasteiger partial charge in [0.25, 0.3) is 0 Å². The summed E-state index contributed by atoms with van der Waals surface area (Å²) < 4.78 is 16.2. The maximum Gasteiger partial charge on any atom is 0.236 e. The normalized spacial score (nSPS) is 14.3. The third-order valence-electron chi connectivity index (χ3n) is 5.71. The van der Waals surface area contributed by atoms with Crippen LogP contribution in [0.3, 0.4) is 0 Å². The summed E-state index contributed by atoms with van der Waals surface area (Å²) in [5.74, 6) is 1.80. The van der Waals surface area contributed by atoms with Crippen LogP contribution in [0.1, 0.15) is 29.7 Å². The van der Waals surface area contributed by atoms with Crippen molar-refractivity contribution in [3.05, 3.63) is 59.3 Å². The highest BCUT2D eigenvalue weighted by Gasteiger charge is 2.54. The molecule has 1 aliphatic carbocycles.